The van der Waals surface area contributed by atoms with Crippen molar-refractivity contribution in [3.8, 4) is 17.1 Å². The number of piperidine rings is 1. The van der Waals surface area contributed by atoms with Crippen molar-refractivity contribution in [2.75, 3.05) is 33.0 Å². The lowest BCUT2D eigenvalue weighted by Gasteiger charge is -2.32. The van der Waals surface area contributed by atoms with Gasteiger partial charge in [-0.05, 0) is 25.0 Å². The first-order chi connectivity index (χ1) is 12.1. The van der Waals surface area contributed by atoms with Gasteiger partial charge in [0, 0.05) is 37.4 Å². The van der Waals surface area contributed by atoms with Crippen LogP contribution in [0.25, 0.3) is 11.3 Å². The Bertz CT molecular complexity index is 748. The molecule has 7 heteroatoms. The Balaban J connectivity index is 1.78. The van der Waals surface area contributed by atoms with Crippen LogP contribution in [0, 0.1) is 0 Å². The van der Waals surface area contributed by atoms with Crippen LogP contribution < -0.4 is 10.5 Å². The van der Waals surface area contributed by atoms with Gasteiger partial charge < -0.3 is 20.1 Å². The van der Waals surface area contributed by atoms with Crippen molar-refractivity contribution < 1.29 is 14.3 Å². The third-order valence-corrected chi connectivity index (χ3v) is 4.36. The van der Waals surface area contributed by atoms with E-state index in [2.05, 4.69) is 9.97 Å². The maximum atomic E-state index is 12.7. The Kier molecular flexibility index (Phi) is 5.14. The Labute approximate surface area is 146 Å². The largest absolute Gasteiger partial charge is 0.481 e. The van der Waals surface area contributed by atoms with Gasteiger partial charge in [0.2, 0.25) is 11.8 Å². The molecule has 0 radical (unpaired) electrons. The molecule has 1 amide bonds. The van der Waals surface area contributed by atoms with Gasteiger partial charge in [0.25, 0.3) is 5.91 Å². The van der Waals surface area contributed by atoms with Gasteiger partial charge in [0.15, 0.2) is 0 Å². The molecule has 2 N–H and O–H groups in total. The second-order valence-electron chi connectivity index (χ2n) is 5.98. The summed E-state index contributed by atoms with van der Waals surface area (Å²) in [6, 6.07) is 9.02. The monoisotopic (exact) mass is 342 g/mol. The van der Waals surface area contributed by atoms with Crippen molar-refractivity contribution in [2.24, 2.45) is 0 Å². The molecule has 1 atom stereocenters. The quantitative estimate of drug-likeness (QED) is 0.914. The molecule has 1 aliphatic rings. The van der Waals surface area contributed by atoms with E-state index < -0.39 is 0 Å². The minimum atomic E-state index is 0.0214. The summed E-state index contributed by atoms with van der Waals surface area (Å²) in [5.74, 6) is 0.572. The van der Waals surface area contributed by atoms with Crippen molar-refractivity contribution in [1.82, 2.24) is 14.9 Å². The minimum absolute atomic E-state index is 0.0214. The van der Waals surface area contributed by atoms with Gasteiger partial charge in [-0.2, -0.15) is 4.98 Å². The van der Waals surface area contributed by atoms with Crippen molar-refractivity contribution in [3.05, 3.63) is 35.9 Å². The van der Waals surface area contributed by atoms with E-state index in [1.165, 1.54) is 7.11 Å². The van der Waals surface area contributed by atoms with Crippen molar-refractivity contribution in [2.45, 2.75) is 18.9 Å². The summed E-state index contributed by atoms with van der Waals surface area (Å²) in [6.07, 6.45) is 2.08. The number of aromatic nitrogens is 2. The number of anilines is 1. The fraction of sp³-hybridized carbons (Fsp3) is 0.389. The van der Waals surface area contributed by atoms with Crippen LogP contribution in [-0.4, -0.2) is 54.2 Å². The molecule has 1 aromatic carbocycles. The molecule has 0 unspecified atom stereocenters. The molecule has 0 saturated carbocycles. The van der Waals surface area contributed by atoms with Gasteiger partial charge in [0.05, 0.1) is 18.9 Å². The first-order valence-electron chi connectivity index (χ1n) is 8.21. The highest BCUT2D eigenvalue weighted by molar-refractivity contribution is 5.94. The summed E-state index contributed by atoms with van der Waals surface area (Å²) in [6.45, 7) is 1.40. The lowest BCUT2D eigenvalue weighted by Crippen LogP contribution is -2.42. The normalized spacial score (nSPS) is 17.4. The van der Waals surface area contributed by atoms with Crippen LogP contribution in [-0.2, 0) is 4.74 Å². The van der Waals surface area contributed by atoms with Crippen LogP contribution in [0.15, 0.2) is 30.3 Å². The first-order valence-corrected chi connectivity index (χ1v) is 8.21. The molecule has 3 rings (SSSR count). The summed E-state index contributed by atoms with van der Waals surface area (Å²) in [5, 5.41) is 0. The summed E-state index contributed by atoms with van der Waals surface area (Å²) in [7, 11) is 3.22. The van der Waals surface area contributed by atoms with Crippen molar-refractivity contribution in [1.29, 1.82) is 0 Å². The third-order valence-electron chi connectivity index (χ3n) is 4.36. The first kappa shape index (κ1) is 17.2. The van der Waals surface area contributed by atoms with Gasteiger partial charge in [-0.25, -0.2) is 4.98 Å². The van der Waals surface area contributed by atoms with Crippen molar-refractivity contribution in [3.63, 3.8) is 0 Å². The molecular weight excluding hydrogens is 320 g/mol. The summed E-state index contributed by atoms with van der Waals surface area (Å²) < 4.78 is 10.5. The zero-order valence-corrected chi connectivity index (χ0v) is 14.4. The number of rotatable bonds is 4. The van der Waals surface area contributed by atoms with E-state index in [0.717, 1.165) is 24.9 Å². The SMILES string of the molecule is COc1cc(-c2ccc(C(=O)N3CCC[C@@H](OC)C3)cc2)nc(N)n1. The zero-order valence-electron chi connectivity index (χ0n) is 14.4. The number of benzene rings is 1. The molecule has 0 spiro atoms. The fourth-order valence-electron chi connectivity index (χ4n) is 2.98. The number of nitrogens with two attached hydrogens (primary N) is 1. The standard InChI is InChI=1S/C18H22N4O3/c1-24-14-4-3-9-22(11-14)17(23)13-7-5-12(6-8-13)15-10-16(25-2)21-18(19)20-15/h5-8,10,14H,3-4,9,11H2,1-2H3,(H2,19,20,21)/t14-/m1/s1. The Morgan fingerprint density at radius 2 is 2.00 bits per heavy atom. The van der Waals surface area contributed by atoms with E-state index in [9.17, 15) is 4.79 Å². The maximum Gasteiger partial charge on any atom is 0.253 e. The second kappa shape index (κ2) is 7.48. The number of amides is 1. The van der Waals surface area contributed by atoms with E-state index in [0.29, 0.717) is 23.7 Å². The van der Waals surface area contributed by atoms with Crippen molar-refractivity contribution >= 4 is 11.9 Å². The molecule has 25 heavy (non-hydrogen) atoms. The predicted octanol–water partition coefficient (Wildman–Crippen LogP) is 1.99. The molecular formula is C18H22N4O3. The molecule has 7 nitrogen and oxygen atoms in total. The zero-order chi connectivity index (χ0) is 17.8. The highest BCUT2D eigenvalue weighted by Gasteiger charge is 2.24. The molecule has 1 saturated heterocycles. The minimum Gasteiger partial charge on any atom is -0.481 e. The van der Waals surface area contributed by atoms with Gasteiger partial charge in [-0.15, -0.1) is 0 Å². The second-order valence-corrected chi connectivity index (χ2v) is 5.98. The Hall–Kier alpha value is -2.67. The van der Waals surface area contributed by atoms with Gasteiger partial charge >= 0.3 is 0 Å². The van der Waals surface area contributed by atoms with Crippen LogP contribution in [0.3, 0.4) is 0 Å². The van der Waals surface area contributed by atoms with Crippen LogP contribution >= 0.6 is 0 Å². The molecule has 132 valence electrons. The number of hydrogen-bond acceptors (Lipinski definition) is 6. The summed E-state index contributed by atoms with van der Waals surface area (Å²) in [4.78, 5) is 22.7. The lowest BCUT2D eigenvalue weighted by atomic mass is 10.0. The Morgan fingerprint density at radius 1 is 1.24 bits per heavy atom. The number of methoxy groups -OCH3 is 2. The number of carbonyl (C=O) groups is 1. The van der Waals surface area contributed by atoms with E-state index in [-0.39, 0.29) is 18.0 Å². The summed E-state index contributed by atoms with van der Waals surface area (Å²) >= 11 is 0. The van der Waals surface area contributed by atoms with Gasteiger partial charge in [-0.1, -0.05) is 12.1 Å². The predicted molar refractivity (Wildman–Crippen MR) is 94.4 cm³/mol. The molecule has 2 heterocycles. The molecule has 0 aliphatic carbocycles. The molecule has 1 aliphatic heterocycles. The lowest BCUT2D eigenvalue weighted by molar-refractivity contribution is 0.0269. The van der Waals surface area contributed by atoms with E-state index in [1.54, 1.807) is 25.3 Å². The smallest absolute Gasteiger partial charge is 0.253 e. The number of nitrogens with zero attached hydrogens (tertiary/aromatic N) is 3. The van der Waals surface area contributed by atoms with E-state index >= 15 is 0 Å². The average molecular weight is 342 g/mol. The van der Waals surface area contributed by atoms with Crippen LogP contribution in [0.4, 0.5) is 5.95 Å². The third kappa shape index (κ3) is 3.88. The highest BCUT2D eigenvalue weighted by Crippen LogP contribution is 2.23. The van der Waals surface area contributed by atoms with Crippen LogP contribution in [0.2, 0.25) is 0 Å². The fourth-order valence-corrected chi connectivity index (χ4v) is 2.98. The number of nitrogen functional groups attached to an aromatic ring is 1. The number of hydrogen-bond donors (Lipinski definition) is 1. The van der Waals surface area contributed by atoms with Gasteiger partial charge in [-0.3, -0.25) is 4.79 Å². The number of ether oxygens (including phenoxy) is 2. The topological polar surface area (TPSA) is 90.6 Å². The van der Waals surface area contributed by atoms with Crippen LogP contribution in [0.1, 0.15) is 23.2 Å². The molecule has 0 bridgehead atoms. The van der Waals surface area contributed by atoms with E-state index in [1.807, 2.05) is 17.0 Å². The van der Waals surface area contributed by atoms with Crippen LogP contribution in [0.5, 0.6) is 5.88 Å². The molecule has 2 aromatic rings. The number of likely N-dealkylation sites (tertiary alicyclic amines) is 1. The Morgan fingerprint density at radius 3 is 2.68 bits per heavy atom. The van der Waals surface area contributed by atoms with E-state index in [4.69, 9.17) is 15.2 Å². The molecule has 1 fully saturated rings. The summed E-state index contributed by atoms with van der Waals surface area (Å²) in [5.41, 5.74) is 7.85. The number of carbonyl (C=O) groups excluding carboxylic acids is 1. The maximum absolute atomic E-state index is 12.7. The highest BCUT2D eigenvalue weighted by atomic mass is 16.5. The van der Waals surface area contributed by atoms with Gasteiger partial charge in [0.1, 0.15) is 0 Å². The average Bonchev–Trinajstić information content (AvgIpc) is 2.67. The molecule has 1 aromatic heterocycles.